The number of nitrogens with zero attached hydrogens (tertiary/aromatic N) is 2. The molecule has 0 saturated carbocycles. The topological polar surface area (TPSA) is 43.8 Å². The number of hydrogen-bond donors (Lipinski definition) is 1. The SMILES string of the molecule is CC(Cc1ccc(N)cc1)n1ccnc1. The van der Waals surface area contributed by atoms with Crippen molar-refractivity contribution in [2.45, 2.75) is 19.4 Å². The van der Waals surface area contributed by atoms with Crippen LogP contribution < -0.4 is 5.73 Å². The van der Waals surface area contributed by atoms with Crippen molar-refractivity contribution in [3.8, 4) is 0 Å². The Balaban J connectivity index is 2.06. The Kier molecular flexibility index (Phi) is 2.72. The Morgan fingerprint density at radius 3 is 2.67 bits per heavy atom. The van der Waals surface area contributed by atoms with Crippen molar-refractivity contribution in [3.05, 3.63) is 48.5 Å². The van der Waals surface area contributed by atoms with E-state index in [1.54, 1.807) is 6.20 Å². The first kappa shape index (κ1) is 9.77. The molecule has 15 heavy (non-hydrogen) atoms. The fourth-order valence-corrected chi connectivity index (χ4v) is 1.63. The smallest absolute Gasteiger partial charge is 0.0948 e. The summed E-state index contributed by atoms with van der Waals surface area (Å²) in [5.41, 5.74) is 7.75. The molecule has 1 heterocycles. The average Bonchev–Trinajstić information content (AvgIpc) is 2.74. The highest BCUT2D eigenvalue weighted by Crippen LogP contribution is 2.14. The molecular formula is C12H15N3. The Labute approximate surface area is 89.6 Å². The summed E-state index contributed by atoms with van der Waals surface area (Å²) >= 11 is 0. The molecule has 2 N–H and O–H groups in total. The summed E-state index contributed by atoms with van der Waals surface area (Å²) in [6.45, 7) is 2.18. The van der Waals surface area contributed by atoms with Crippen LogP contribution >= 0.6 is 0 Å². The second-order valence-corrected chi connectivity index (χ2v) is 3.80. The van der Waals surface area contributed by atoms with Gasteiger partial charge in [0.15, 0.2) is 0 Å². The zero-order valence-electron chi connectivity index (χ0n) is 8.80. The number of hydrogen-bond acceptors (Lipinski definition) is 2. The van der Waals surface area contributed by atoms with Gasteiger partial charge in [0.05, 0.1) is 6.33 Å². The van der Waals surface area contributed by atoms with Gasteiger partial charge in [0.1, 0.15) is 0 Å². The molecule has 0 radical (unpaired) electrons. The Morgan fingerprint density at radius 1 is 1.33 bits per heavy atom. The van der Waals surface area contributed by atoms with E-state index in [0.717, 1.165) is 12.1 Å². The molecular weight excluding hydrogens is 186 g/mol. The van der Waals surface area contributed by atoms with E-state index in [1.807, 2.05) is 24.7 Å². The fraction of sp³-hybridized carbons (Fsp3) is 0.250. The number of aromatic nitrogens is 2. The summed E-state index contributed by atoms with van der Waals surface area (Å²) in [6, 6.07) is 8.45. The van der Waals surface area contributed by atoms with Crippen molar-refractivity contribution in [2.24, 2.45) is 0 Å². The maximum absolute atomic E-state index is 5.64. The van der Waals surface area contributed by atoms with Crippen molar-refractivity contribution in [2.75, 3.05) is 5.73 Å². The number of anilines is 1. The predicted octanol–water partition coefficient (Wildman–Crippen LogP) is 2.27. The molecule has 0 aliphatic heterocycles. The van der Waals surface area contributed by atoms with Gasteiger partial charge in [-0.2, -0.15) is 0 Å². The summed E-state index contributed by atoms with van der Waals surface area (Å²) in [4.78, 5) is 4.04. The number of rotatable bonds is 3. The van der Waals surface area contributed by atoms with Crippen LogP contribution in [0.5, 0.6) is 0 Å². The van der Waals surface area contributed by atoms with Crippen molar-refractivity contribution >= 4 is 5.69 Å². The van der Waals surface area contributed by atoms with Gasteiger partial charge in [-0.1, -0.05) is 12.1 Å². The van der Waals surface area contributed by atoms with Crippen LogP contribution in [0.1, 0.15) is 18.5 Å². The van der Waals surface area contributed by atoms with Gasteiger partial charge in [-0.15, -0.1) is 0 Å². The monoisotopic (exact) mass is 201 g/mol. The van der Waals surface area contributed by atoms with Crippen LogP contribution in [0.25, 0.3) is 0 Å². The molecule has 2 aromatic rings. The molecule has 0 fully saturated rings. The molecule has 0 saturated heterocycles. The van der Waals surface area contributed by atoms with Gasteiger partial charge < -0.3 is 10.3 Å². The second kappa shape index (κ2) is 4.17. The Morgan fingerprint density at radius 2 is 2.07 bits per heavy atom. The van der Waals surface area contributed by atoms with E-state index < -0.39 is 0 Å². The van der Waals surface area contributed by atoms with E-state index in [2.05, 4.69) is 28.6 Å². The van der Waals surface area contributed by atoms with Crippen molar-refractivity contribution in [3.63, 3.8) is 0 Å². The summed E-state index contributed by atoms with van der Waals surface area (Å²) in [5, 5.41) is 0. The highest BCUT2D eigenvalue weighted by atomic mass is 15.0. The molecule has 0 aliphatic rings. The van der Waals surface area contributed by atoms with Gasteiger partial charge in [-0.3, -0.25) is 0 Å². The van der Waals surface area contributed by atoms with Gasteiger partial charge in [0.2, 0.25) is 0 Å². The molecule has 0 amide bonds. The van der Waals surface area contributed by atoms with Crippen LogP contribution in [-0.2, 0) is 6.42 Å². The van der Waals surface area contributed by atoms with Gasteiger partial charge in [0.25, 0.3) is 0 Å². The van der Waals surface area contributed by atoms with Crippen molar-refractivity contribution < 1.29 is 0 Å². The van der Waals surface area contributed by atoms with Crippen LogP contribution in [-0.4, -0.2) is 9.55 Å². The number of nitrogens with two attached hydrogens (primary N) is 1. The number of nitrogen functional groups attached to an aromatic ring is 1. The molecule has 3 heteroatoms. The third kappa shape index (κ3) is 2.37. The fourth-order valence-electron chi connectivity index (χ4n) is 1.63. The van der Waals surface area contributed by atoms with Gasteiger partial charge >= 0.3 is 0 Å². The summed E-state index contributed by atoms with van der Waals surface area (Å²) < 4.78 is 2.11. The molecule has 78 valence electrons. The lowest BCUT2D eigenvalue weighted by atomic mass is 10.1. The number of benzene rings is 1. The van der Waals surface area contributed by atoms with Crippen LogP contribution in [0.2, 0.25) is 0 Å². The van der Waals surface area contributed by atoms with E-state index in [-0.39, 0.29) is 0 Å². The molecule has 1 unspecified atom stereocenters. The molecule has 1 atom stereocenters. The maximum atomic E-state index is 5.64. The van der Waals surface area contributed by atoms with Crippen molar-refractivity contribution in [1.29, 1.82) is 0 Å². The summed E-state index contributed by atoms with van der Waals surface area (Å²) in [7, 11) is 0. The van der Waals surface area contributed by atoms with Gasteiger partial charge in [0, 0.05) is 24.1 Å². The Hall–Kier alpha value is -1.77. The molecule has 0 spiro atoms. The standard InChI is InChI=1S/C12H15N3/c1-10(15-7-6-14-9-15)8-11-2-4-12(13)5-3-11/h2-7,9-10H,8,13H2,1H3. The van der Waals surface area contributed by atoms with Crippen LogP contribution in [0.3, 0.4) is 0 Å². The minimum Gasteiger partial charge on any atom is -0.399 e. The first-order valence-corrected chi connectivity index (χ1v) is 5.07. The van der Waals surface area contributed by atoms with E-state index in [9.17, 15) is 0 Å². The van der Waals surface area contributed by atoms with Crippen molar-refractivity contribution in [1.82, 2.24) is 9.55 Å². The molecule has 2 rings (SSSR count). The van der Waals surface area contributed by atoms with E-state index >= 15 is 0 Å². The third-order valence-electron chi connectivity index (χ3n) is 2.54. The first-order valence-electron chi connectivity index (χ1n) is 5.07. The quantitative estimate of drug-likeness (QED) is 0.774. The highest BCUT2D eigenvalue weighted by molar-refractivity contribution is 5.39. The first-order chi connectivity index (χ1) is 7.25. The lowest BCUT2D eigenvalue weighted by molar-refractivity contribution is 0.544. The third-order valence-corrected chi connectivity index (χ3v) is 2.54. The van der Waals surface area contributed by atoms with E-state index in [0.29, 0.717) is 6.04 Å². The van der Waals surface area contributed by atoms with Crippen LogP contribution in [0, 0.1) is 0 Å². The molecule has 3 nitrogen and oxygen atoms in total. The van der Waals surface area contributed by atoms with Crippen LogP contribution in [0.4, 0.5) is 5.69 Å². The largest absolute Gasteiger partial charge is 0.399 e. The highest BCUT2D eigenvalue weighted by Gasteiger charge is 2.04. The zero-order valence-corrected chi connectivity index (χ0v) is 8.80. The number of imidazole rings is 1. The second-order valence-electron chi connectivity index (χ2n) is 3.80. The molecule has 0 bridgehead atoms. The van der Waals surface area contributed by atoms with E-state index in [4.69, 9.17) is 5.73 Å². The molecule has 1 aromatic carbocycles. The Bertz CT molecular complexity index is 403. The minimum atomic E-state index is 0.427. The van der Waals surface area contributed by atoms with E-state index in [1.165, 1.54) is 5.56 Å². The minimum absolute atomic E-state index is 0.427. The van der Waals surface area contributed by atoms with Gasteiger partial charge in [-0.25, -0.2) is 4.98 Å². The zero-order chi connectivity index (χ0) is 10.7. The lowest BCUT2D eigenvalue weighted by Gasteiger charge is -2.12. The molecule has 0 aliphatic carbocycles. The normalized spacial score (nSPS) is 12.6. The molecule has 1 aromatic heterocycles. The summed E-state index contributed by atoms with van der Waals surface area (Å²) in [5.74, 6) is 0. The predicted molar refractivity (Wildman–Crippen MR) is 61.5 cm³/mol. The van der Waals surface area contributed by atoms with Crippen LogP contribution in [0.15, 0.2) is 43.0 Å². The van der Waals surface area contributed by atoms with Gasteiger partial charge in [-0.05, 0) is 31.0 Å². The average molecular weight is 201 g/mol. The summed E-state index contributed by atoms with van der Waals surface area (Å²) in [6.07, 6.45) is 6.64. The maximum Gasteiger partial charge on any atom is 0.0948 e. The lowest BCUT2D eigenvalue weighted by Crippen LogP contribution is -2.05.